The number of anilines is 1. The topological polar surface area (TPSA) is 63.7 Å². The average Bonchev–Trinajstić information content (AvgIpc) is 2.85. The Labute approximate surface area is 154 Å². The first-order chi connectivity index (χ1) is 12.3. The molecule has 0 saturated heterocycles. The number of imide groups is 1. The van der Waals surface area contributed by atoms with Crippen molar-refractivity contribution in [3.05, 3.63) is 63.9 Å². The second kappa shape index (κ2) is 6.88. The van der Waals surface area contributed by atoms with Gasteiger partial charge in [0.05, 0.1) is 34.0 Å². The van der Waals surface area contributed by atoms with E-state index in [0.29, 0.717) is 4.90 Å². The molecule has 5 nitrogen and oxygen atoms in total. The van der Waals surface area contributed by atoms with E-state index in [4.69, 9.17) is 16.3 Å². The molecule has 0 fully saturated rings. The van der Waals surface area contributed by atoms with E-state index in [-0.39, 0.29) is 39.9 Å². The summed E-state index contributed by atoms with van der Waals surface area (Å²) in [6.45, 7) is 3.89. The van der Waals surface area contributed by atoms with Gasteiger partial charge in [0.15, 0.2) is 0 Å². The van der Waals surface area contributed by atoms with Crippen LogP contribution in [0, 0.1) is 11.7 Å². The number of hydrogen-bond donors (Lipinski definition) is 0. The van der Waals surface area contributed by atoms with Crippen LogP contribution in [0.15, 0.2) is 36.4 Å². The minimum absolute atomic E-state index is 0.105. The lowest BCUT2D eigenvalue weighted by Crippen LogP contribution is -2.30. The summed E-state index contributed by atoms with van der Waals surface area (Å²) in [7, 11) is 0. The molecule has 0 saturated carbocycles. The van der Waals surface area contributed by atoms with Crippen molar-refractivity contribution in [3.63, 3.8) is 0 Å². The predicted octanol–water partition coefficient (Wildman–Crippen LogP) is 4.09. The predicted molar refractivity (Wildman–Crippen MR) is 94.1 cm³/mol. The van der Waals surface area contributed by atoms with Crippen molar-refractivity contribution < 1.29 is 23.5 Å². The summed E-state index contributed by atoms with van der Waals surface area (Å²) in [6.07, 6.45) is 0. The zero-order valence-electron chi connectivity index (χ0n) is 14.1. The fourth-order valence-electron chi connectivity index (χ4n) is 2.59. The molecule has 0 N–H and O–H groups in total. The van der Waals surface area contributed by atoms with E-state index in [2.05, 4.69) is 0 Å². The number of hydrogen-bond acceptors (Lipinski definition) is 4. The smallest absolute Gasteiger partial charge is 0.339 e. The van der Waals surface area contributed by atoms with Crippen molar-refractivity contribution in [2.24, 2.45) is 5.92 Å². The number of halogens is 2. The highest BCUT2D eigenvalue weighted by Crippen LogP contribution is 2.33. The number of carbonyl (C=O) groups is 3. The van der Waals surface area contributed by atoms with Gasteiger partial charge in [0, 0.05) is 0 Å². The van der Waals surface area contributed by atoms with Crippen LogP contribution in [0.2, 0.25) is 5.02 Å². The molecule has 0 atom stereocenters. The third-order valence-corrected chi connectivity index (χ3v) is 4.15. The maximum Gasteiger partial charge on any atom is 0.339 e. The van der Waals surface area contributed by atoms with E-state index in [0.717, 1.165) is 12.1 Å². The van der Waals surface area contributed by atoms with Gasteiger partial charge in [-0.2, -0.15) is 0 Å². The first kappa shape index (κ1) is 18.1. The summed E-state index contributed by atoms with van der Waals surface area (Å²) in [4.78, 5) is 38.0. The van der Waals surface area contributed by atoms with Crippen molar-refractivity contribution in [2.75, 3.05) is 11.5 Å². The first-order valence-electron chi connectivity index (χ1n) is 7.95. The summed E-state index contributed by atoms with van der Waals surface area (Å²) in [5.74, 6) is -2.85. The van der Waals surface area contributed by atoms with E-state index in [1.807, 2.05) is 13.8 Å². The van der Waals surface area contributed by atoms with Gasteiger partial charge in [-0.25, -0.2) is 14.1 Å². The second-order valence-electron chi connectivity index (χ2n) is 6.27. The van der Waals surface area contributed by atoms with E-state index >= 15 is 0 Å². The Balaban J connectivity index is 2.01. The Kier molecular flexibility index (Phi) is 4.78. The van der Waals surface area contributed by atoms with Gasteiger partial charge in [0.2, 0.25) is 0 Å². The Morgan fingerprint density at radius 2 is 1.73 bits per heavy atom. The van der Waals surface area contributed by atoms with Crippen LogP contribution >= 0.6 is 11.6 Å². The number of amides is 2. The third kappa shape index (κ3) is 3.08. The lowest BCUT2D eigenvalue weighted by Gasteiger charge is -2.17. The van der Waals surface area contributed by atoms with Crippen LogP contribution < -0.4 is 4.90 Å². The van der Waals surface area contributed by atoms with E-state index in [1.165, 1.54) is 12.1 Å². The highest BCUT2D eigenvalue weighted by Gasteiger charge is 2.38. The number of ether oxygens (including phenoxy) is 1. The summed E-state index contributed by atoms with van der Waals surface area (Å²) < 4.78 is 19.6. The summed E-state index contributed by atoms with van der Waals surface area (Å²) in [6, 6.07) is 8.16. The van der Waals surface area contributed by atoms with Crippen LogP contribution in [-0.4, -0.2) is 24.4 Å². The van der Waals surface area contributed by atoms with Crippen LogP contribution in [0.3, 0.4) is 0 Å². The quantitative estimate of drug-likeness (QED) is 0.596. The lowest BCUT2D eigenvalue weighted by atomic mass is 10.1. The molecule has 0 unspecified atom stereocenters. The molecule has 1 aliphatic heterocycles. The Bertz CT molecular complexity index is 891. The van der Waals surface area contributed by atoms with Crippen molar-refractivity contribution in [1.82, 2.24) is 0 Å². The van der Waals surface area contributed by atoms with Gasteiger partial charge in [-0.05, 0) is 30.2 Å². The van der Waals surface area contributed by atoms with Gasteiger partial charge >= 0.3 is 5.97 Å². The fraction of sp³-hybridized carbons (Fsp3) is 0.211. The minimum atomic E-state index is -0.884. The molecule has 2 amide bonds. The van der Waals surface area contributed by atoms with Crippen LogP contribution in [0.4, 0.5) is 10.1 Å². The van der Waals surface area contributed by atoms with Crippen molar-refractivity contribution in [3.8, 4) is 0 Å². The first-order valence-corrected chi connectivity index (χ1v) is 8.33. The molecule has 1 heterocycles. The van der Waals surface area contributed by atoms with E-state index in [9.17, 15) is 18.8 Å². The Morgan fingerprint density at radius 1 is 1.15 bits per heavy atom. The highest BCUT2D eigenvalue weighted by atomic mass is 35.5. The van der Waals surface area contributed by atoms with Gasteiger partial charge in [-0.15, -0.1) is 0 Å². The average molecular weight is 376 g/mol. The number of esters is 1. The van der Waals surface area contributed by atoms with Crippen molar-refractivity contribution >= 4 is 35.1 Å². The molecule has 1 aliphatic rings. The maximum atomic E-state index is 14.4. The molecule has 0 aliphatic carbocycles. The Morgan fingerprint density at radius 3 is 2.27 bits per heavy atom. The molecule has 7 heteroatoms. The largest absolute Gasteiger partial charge is 0.462 e. The highest BCUT2D eigenvalue weighted by molar-refractivity contribution is 6.36. The summed E-state index contributed by atoms with van der Waals surface area (Å²) in [5, 5.41) is -0.156. The third-order valence-electron chi connectivity index (χ3n) is 3.84. The van der Waals surface area contributed by atoms with Gasteiger partial charge in [-0.1, -0.05) is 37.6 Å². The van der Waals surface area contributed by atoms with E-state index in [1.54, 1.807) is 12.1 Å². The molecule has 0 radical (unpaired) electrons. The standard InChI is InChI=1S/C19H15ClFNO4/c1-10(2)9-26-19(25)13-7-16(15(21)8-14(13)20)22-17(23)11-5-3-4-6-12(11)18(22)24/h3-8,10H,9H2,1-2H3. The molecule has 3 rings (SSSR count). The SMILES string of the molecule is CC(C)COC(=O)c1cc(N2C(=O)c3ccccc3C2=O)c(F)cc1Cl. The van der Waals surface area contributed by atoms with Crippen LogP contribution in [-0.2, 0) is 4.74 Å². The number of benzene rings is 2. The normalized spacial score (nSPS) is 13.3. The van der Waals surface area contributed by atoms with Gasteiger partial charge < -0.3 is 4.74 Å². The number of rotatable bonds is 4. The molecule has 0 spiro atoms. The minimum Gasteiger partial charge on any atom is -0.462 e. The molecule has 2 aromatic carbocycles. The molecular weight excluding hydrogens is 361 g/mol. The monoisotopic (exact) mass is 375 g/mol. The van der Waals surface area contributed by atoms with Crippen LogP contribution in [0.1, 0.15) is 44.9 Å². The van der Waals surface area contributed by atoms with Gasteiger partial charge in [0.25, 0.3) is 11.8 Å². The molecule has 2 aromatic rings. The molecule has 0 aromatic heterocycles. The molecule has 134 valence electrons. The summed E-state index contributed by atoms with van der Waals surface area (Å²) >= 11 is 5.95. The zero-order chi connectivity index (χ0) is 19.0. The number of carbonyl (C=O) groups excluding carboxylic acids is 3. The zero-order valence-corrected chi connectivity index (χ0v) is 14.8. The van der Waals surface area contributed by atoms with E-state index < -0.39 is 23.6 Å². The van der Waals surface area contributed by atoms with Crippen molar-refractivity contribution in [2.45, 2.75) is 13.8 Å². The summed E-state index contributed by atoms with van der Waals surface area (Å²) in [5.41, 5.74) is -0.0936. The number of nitrogens with zero attached hydrogens (tertiary/aromatic N) is 1. The van der Waals surface area contributed by atoms with Crippen LogP contribution in [0.5, 0.6) is 0 Å². The second-order valence-corrected chi connectivity index (χ2v) is 6.67. The van der Waals surface area contributed by atoms with Gasteiger partial charge in [0.1, 0.15) is 5.82 Å². The fourth-order valence-corrected chi connectivity index (χ4v) is 2.82. The molecule has 26 heavy (non-hydrogen) atoms. The maximum absolute atomic E-state index is 14.4. The molecular formula is C19H15ClFNO4. The van der Waals surface area contributed by atoms with Crippen LogP contribution in [0.25, 0.3) is 0 Å². The van der Waals surface area contributed by atoms with Gasteiger partial charge in [-0.3, -0.25) is 9.59 Å². The van der Waals surface area contributed by atoms with Crippen molar-refractivity contribution in [1.29, 1.82) is 0 Å². The number of fused-ring (bicyclic) bond motifs is 1. The lowest BCUT2D eigenvalue weighted by molar-refractivity contribution is 0.0458. The Hall–Kier alpha value is -2.73. The molecule has 0 bridgehead atoms.